The van der Waals surface area contributed by atoms with Gasteiger partial charge in [-0.1, -0.05) is 6.92 Å². The van der Waals surface area contributed by atoms with E-state index in [2.05, 4.69) is 0 Å². The summed E-state index contributed by atoms with van der Waals surface area (Å²) in [5, 5.41) is 9.89. The molecule has 0 amide bonds. The first kappa shape index (κ1) is 12.0. The summed E-state index contributed by atoms with van der Waals surface area (Å²) in [5.74, 6) is 0.0309. The summed E-state index contributed by atoms with van der Waals surface area (Å²) in [6.45, 7) is 5.89. The average molecular weight is 211 g/mol. The Labute approximate surface area is 89.9 Å². The van der Waals surface area contributed by atoms with Crippen LogP contribution < -0.4 is 5.73 Å². The lowest BCUT2D eigenvalue weighted by Crippen LogP contribution is -2.07. The minimum absolute atomic E-state index is 0.0874. The Morgan fingerprint density at radius 3 is 2.60 bits per heavy atom. The zero-order valence-corrected chi connectivity index (χ0v) is 9.47. The molecule has 1 aromatic rings. The minimum atomic E-state index is -0.260. The molecule has 0 fully saturated rings. The van der Waals surface area contributed by atoms with Gasteiger partial charge in [0.2, 0.25) is 0 Å². The molecule has 1 rings (SSSR count). The van der Waals surface area contributed by atoms with Crippen LogP contribution in [0.2, 0.25) is 0 Å². The summed E-state index contributed by atoms with van der Waals surface area (Å²) >= 11 is 0. The van der Waals surface area contributed by atoms with Crippen molar-refractivity contribution >= 4 is 0 Å². The molecule has 0 saturated carbocycles. The van der Waals surface area contributed by atoms with E-state index in [-0.39, 0.29) is 17.5 Å². The Kier molecular flexibility index (Phi) is 3.69. The Morgan fingerprint density at radius 1 is 1.47 bits per heavy atom. The molecule has 2 nitrogen and oxygen atoms in total. The number of aryl methyl sites for hydroxylation is 1. The normalized spacial score (nSPS) is 12.9. The maximum atomic E-state index is 13.5. The molecule has 0 radical (unpaired) electrons. The first-order chi connectivity index (χ1) is 6.99. The van der Waals surface area contributed by atoms with E-state index in [0.717, 1.165) is 6.42 Å². The Morgan fingerprint density at radius 2 is 2.07 bits per heavy atom. The van der Waals surface area contributed by atoms with Crippen molar-refractivity contribution in [3.8, 4) is 5.75 Å². The average Bonchev–Trinajstić information content (AvgIpc) is 2.16. The third-order valence-electron chi connectivity index (χ3n) is 2.83. The van der Waals surface area contributed by atoms with E-state index in [1.165, 1.54) is 6.07 Å². The van der Waals surface area contributed by atoms with Gasteiger partial charge in [0.1, 0.15) is 11.6 Å². The van der Waals surface area contributed by atoms with Gasteiger partial charge in [-0.25, -0.2) is 4.39 Å². The zero-order chi connectivity index (χ0) is 11.6. The van der Waals surface area contributed by atoms with Crippen molar-refractivity contribution in [3.05, 3.63) is 28.6 Å². The van der Waals surface area contributed by atoms with Crippen molar-refractivity contribution < 1.29 is 9.50 Å². The summed E-state index contributed by atoms with van der Waals surface area (Å²) < 4.78 is 13.5. The number of halogens is 1. The highest BCUT2D eigenvalue weighted by molar-refractivity contribution is 5.47. The highest BCUT2D eigenvalue weighted by Crippen LogP contribution is 2.34. The van der Waals surface area contributed by atoms with E-state index >= 15 is 0 Å². The predicted molar refractivity (Wildman–Crippen MR) is 59.6 cm³/mol. The molecule has 1 aromatic carbocycles. The summed E-state index contributed by atoms with van der Waals surface area (Å²) in [6, 6.07) is 1.36. The van der Waals surface area contributed by atoms with Gasteiger partial charge >= 0.3 is 0 Å². The van der Waals surface area contributed by atoms with Gasteiger partial charge in [-0.2, -0.15) is 0 Å². The lowest BCUT2D eigenvalue weighted by molar-refractivity contribution is 0.451. The molecule has 3 heteroatoms. The maximum Gasteiger partial charge on any atom is 0.126 e. The van der Waals surface area contributed by atoms with Gasteiger partial charge in [0, 0.05) is 5.56 Å². The van der Waals surface area contributed by atoms with Crippen LogP contribution in [0.25, 0.3) is 0 Å². The molecule has 3 N–H and O–H groups in total. The summed E-state index contributed by atoms with van der Waals surface area (Å²) in [6.07, 6.45) is 0.747. The van der Waals surface area contributed by atoms with E-state index in [1.807, 2.05) is 6.92 Å². The van der Waals surface area contributed by atoms with E-state index in [0.29, 0.717) is 23.2 Å². The highest BCUT2D eigenvalue weighted by Gasteiger charge is 2.17. The lowest BCUT2D eigenvalue weighted by atomic mass is 9.91. The molecule has 1 unspecified atom stereocenters. The molecular formula is C12H18FNO. The SMILES string of the molecule is Cc1cc(F)c(C)c(C(C)CCN)c1O. The zero-order valence-electron chi connectivity index (χ0n) is 9.47. The van der Waals surface area contributed by atoms with Crippen molar-refractivity contribution in [3.63, 3.8) is 0 Å². The summed E-state index contributed by atoms with van der Waals surface area (Å²) in [4.78, 5) is 0. The molecule has 84 valence electrons. The predicted octanol–water partition coefficient (Wildman–Crippen LogP) is 2.60. The number of nitrogens with two attached hydrogens (primary N) is 1. The highest BCUT2D eigenvalue weighted by atomic mass is 19.1. The maximum absolute atomic E-state index is 13.5. The van der Waals surface area contributed by atoms with E-state index in [4.69, 9.17) is 5.73 Å². The van der Waals surface area contributed by atoms with Gasteiger partial charge in [-0.05, 0) is 49.9 Å². The number of aromatic hydroxyl groups is 1. The van der Waals surface area contributed by atoms with Crippen molar-refractivity contribution in [2.75, 3.05) is 6.54 Å². The van der Waals surface area contributed by atoms with Crippen molar-refractivity contribution in [1.29, 1.82) is 0 Å². The quantitative estimate of drug-likeness (QED) is 0.807. The molecule has 0 aliphatic carbocycles. The molecule has 0 aliphatic heterocycles. The number of rotatable bonds is 3. The van der Waals surface area contributed by atoms with Crippen molar-refractivity contribution in [2.24, 2.45) is 5.73 Å². The van der Waals surface area contributed by atoms with Crippen LogP contribution >= 0.6 is 0 Å². The molecule has 0 saturated heterocycles. The van der Waals surface area contributed by atoms with Crippen LogP contribution in [-0.2, 0) is 0 Å². The Balaban J connectivity index is 3.26. The molecule has 1 atom stereocenters. The van der Waals surface area contributed by atoms with Gasteiger partial charge in [0.25, 0.3) is 0 Å². The third-order valence-corrected chi connectivity index (χ3v) is 2.83. The first-order valence-corrected chi connectivity index (χ1v) is 5.17. The van der Waals surface area contributed by atoms with Crippen LogP contribution in [0.5, 0.6) is 5.75 Å². The smallest absolute Gasteiger partial charge is 0.126 e. The van der Waals surface area contributed by atoms with E-state index in [9.17, 15) is 9.50 Å². The first-order valence-electron chi connectivity index (χ1n) is 5.17. The number of hydrogen-bond donors (Lipinski definition) is 2. The van der Waals surface area contributed by atoms with Gasteiger partial charge in [-0.3, -0.25) is 0 Å². The Hall–Kier alpha value is -1.09. The molecule has 0 aliphatic rings. The van der Waals surface area contributed by atoms with Gasteiger partial charge in [0.05, 0.1) is 0 Å². The van der Waals surface area contributed by atoms with Crippen LogP contribution in [-0.4, -0.2) is 11.7 Å². The van der Waals surface area contributed by atoms with Gasteiger partial charge < -0.3 is 10.8 Å². The Bertz CT molecular complexity index is 337. The molecular weight excluding hydrogens is 193 g/mol. The second-order valence-electron chi connectivity index (χ2n) is 4.04. The number of phenolic OH excluding ortho intramolecular Hbond substituents is 1. The number of phenols is 1. The molecule has 0 spiro atoms. The fraction of sp³-hybridized carbons (Fsp3) is 0.500. The molecule has 0 bridgehead atoms. The third kappa shape index (κ3) is 2.29. The molecule has 0 heterocycles. The van der Waals surface area contributed by atoms with Crippen LogP contribution in [0.15, 0.2) is 6.07 Å². The summed E-state index contributed by atoms with van der Waals surface area (Å²) in [5.41, 5.74) is 7.27. The molecule has 0 aromatic heterocycles. The topological polar surface area (TPSA) is 46.2 Å². The standard InChI is InChI=1S/C12H18FNO/c1-7(4-5-14)11-9(3)10(13)6-8(2)12(11)15/h6-7,15H,4-5,14H2,1-3H3. The van der Waals surface area contributed by atoms with Crippen molar-refractivity contribution in [2.45, 2.75) is 33.1 Å². The summed E-state index contributed by atoms with van der Waals surface area (Å²) in [7, 11) is 0. The van der Waals surface area contributed by atoms with Gasteiger partial charge in [-0.15, -0.1) is 0 Å². The second kappa shape index (κ2) is 4.62. The number of benzene rings is 1. The van der Waals surface area contributed by atoms with Crippen LogP contribution in [0.4, 0.5) is 4.39 Å². The number of hydrogen-bond acceptors (Lipinski definition) is 2. The van der Waals surface area contributed by atoms with Gasteiger partial charge in [0.15, 0.2) is 0 Å². The monoisotopic (exact) mass is 211 g/mol. The van der Waals surface area contributed by atoms with Crippen LogP contribution in [0.1, 0.15) is 36.0 Å². The van der Waals surface area contributed by atoms with Crippen LogP contribution in [0.3, 0.4) is 0 Å². The largest absolute Gasteiger partial charge is 0.507 e. The lowest BCUT2D eigenvalue weighted by Gasteiger charge is -2.17. The fourth-order valence-corrected chi connectivity index (χ4v) is 1.88. The minimum Gasteiger partial charge on any atom is -0.507 e. The van der Waals surface area contributed by atoms with Crippen LogP contribution in [0, 0.1) is 19.7 Å². The van der Waals surface area contributed by atoms with Crippen molar-refractivity contribution in [1.82, 2.24) is 0 Å². The molecule has 15 heavy (non-hydrogen) atoms. The van der Waals surface area contributed by atoms with E-state index < -0.39 is 0 Å². The fourth-order valence-electron chi connectivity index (χ4n) is 1.88. The van der Waals surface area contributed by atoms with E-state index in [1.54, 1.807) is 13.8 Å². The second-order valence-corrected chi connectivity index (χ2v) is 4.04.